The van der Waals surface area contributed by atoms with Gasteiger partial charge in [-0.05, 0) is 23.8 Å². The normalized spacial score (nSPS) is 9.89. The van der Waals surface area contributed by atoms with Crippen molar-refractivity contribution in [1.82, 2.24) is 9.97 Å². The van der Waals surface area contributed by atoms with E-state index in [9.17, 15) is 9.59 Å². The van der Waals surface area contributed by atoms with Gasteiger partial charge >= 0.3 is 5.97 Å². The molecule has 0 atom stereocenters. The van der Waals surface area contributed by atoms with Gasteiger partial charge in [-0.3, -0.25) is 9.78 Å². The summed E-state index contributed by atoms with van der Waals surface area (Å²) < 4.78 is 0. The highest BCUT2D eigenvalue weighted by molar-refractivity contribution is 5.92. The molecule has 6 heteroatoms. The fourth-order valence-electron chi connectivity index (χ4n) is 1.50. The molecule has 2 rings (SSSR count). The van der Waals surface area contributed by atoms with Crippen LogP contribution in [0.25, 0.3) is 0 Å². The first-order valence-corrected chi connectivity index (χ1v) is 5.54. The molecule has 6 nitrogen and oxygen atoms in total. The first-order valence-electron chi connectivity index (χ1n) is 5.54. The molecule has 0 fully saturated rings. The zero-order chi connectivity index (χ0) is 13.7. The van der Waals surface area contributed by atoms with E-state index in [2.05, 4.69) is 15.3 Å². The predicted octanol–water partition coefficient (Wildman–Crippen LogP) is 1.36. The second-order valence-corrected chi connectivity index (χ2v) is 3.80. The van der Waals surface area contributed by atoms with E-state index >= 15 is 0 Å². The maximum atomic E-state index is 11.7. The zero-order valence-corrected chi connectivity index (χ0v) is 9.91. The van der Waals surface area contributed by atoms with E-state index in [1.807, 2.05) is 0 Å². The highest BCUT2D eigenvalue weighted by Gasteiger charge is 2.08. The molecule has 0 aromatic carbocycles. The van der Waals surface area contributed by atoms with Crippen LogP contribution in [0.5, 0.6) is 0 Å². The molecular formula is C13H11N3O3. The number of aromatic nitrogens is 2. The third-order valence-electron chi connectivity index (χ3n) is 2.32. The van der Waals surface area contributed by atoms with Crippen LogP contribution in [0, 0.1) is 0 Å². The lowest BCUT2D eigenvalue weighted by Crippen LogP contribution is -2.16. The van der Waals surface area contributed by atoms with Gasteiger partial charge in [-0.2, -0.15) is 0 Å². The Labute approximate surface area is 109 Å². The largest absolute Gasteiger partial charge is 0.477 e. The standard InChI is InChI=1S/C13H11N3O3/c17-12(7-9-3-2-6-14-8-9)16-11-5-1-4-10(15-11)13(18)19/h1-6,8H,7H2,(H,18,19)(H,15,16,17). The first kappa shape index (κ1) is 12.7. The molecule has 1 amide bonds. The van der Waals surface area contributed by atoms with Crippen molar-refractivity contribution in [3.8, 4) is 0 Å². The average Bonchev–Trinajstić information content (AvgIpc) is 2.40. The molecule has 2 heterocycles. The summed E-state index contributed by atoms with van der Waals surface area (Å²) in [5, 5.41) is 11.3. The van der Waals surface area contributed by atoms with Gasteiger partial charge in [-0.25, -0.2) is 9.78 Å². The molecule has 0 aliphatic heterocycles. The van der Waals surface area contributed by atoms with Crippen LogP contribution in [0.1, 0.15) is 16.1 Å². The van der Waals surface area contributed by atoms with Crippen LogP contribution in [0.4, 0.5) is 5.82 Å². The van der Waals surface area contributed by atoms with E-state index in [1.54, 1.807) is 24.5 Å². The Hall–Kier alpha value is -2.76. The highest BCUT2D eigenvalue weighted by Crippen LogP contribution is 2.06. The van der Waals surface area contributed by atoms with Crippen molar-refractivity contribution in [1.29, 1.82) is 0 Å². The van der Waals surface area contributed by atoms with E-state index in [1.165, 1.54) is 18.2 Å². The first-order chi connectivity index (χ1) is 9.15. The monoisotopic (exact) mass is 257 g/mol. The predicted molar refractivity (Wildman–Crippen MR) is 67.8 cm³/mol. The number of anilines is 1. The van der Waals surface area contributed by atoms with Crippen molar-refractivity contribution in [2.75, 3.05) is 5.32 Å². The van der Waals surface area contributed by atoms with E-state index in [0.717, 1.165) is 5.56 Å². The Bertz CT molecular complexity index is 599. The Kier molecular flexibility index (Phi) is 3.82. The van der Waals surface area contributed by atoms with Gasteiger partial charge in [0.05, 0.1) is 6.42 Å². The molecule has 0 radical (unpaired) electrons. The number of carboxylic acid groups (broad SMARTS) is 1. The molecule has 19 heavy (non-hydrogen) atoms. The molecule has 0 bridgehead atoms. The van der Waals surface area contributed by atoms with Gasteiger partial charge in [-0.1, -0.05) is 12.1 Å². The van der Waals surface area contributed by atoms with Crippen LogP contribution in [-0.2, 0) is 11.2 Å². The number of aromatic carboxylic acids is 1. The number of hydrogen-bond donors (Lipinski definition) is 2. The number of carbonyl (C=O) groups is 2. The average molecular weight is 257 g/mol. The molecular weight excluding hydrogens is 246 g/mol. The number of carbonyl (C=O) groups excluding carboxylic acids is 1. The fraction of sp³-hybridized carbons (Fsp3) is 0.0769. The second-order valence-electron chi connectivity index (χ2n) is 3.80. The van der Waals surface area contributed by atoms with Crippen molar-refractivity contribution in [3.63, 3.8) is 0 Å². The molecule has 0 unspecified atom stereocenters. The Morgan fingerprint density at radius 2 is 2.05 bits per heavy atom. The van der Waals surface area contributed by atoms with Gasteiger partial charge in [0, 0.05) is 12.4 Å². The summed E-state index contributed by atoms with van der Waals surface area (Å²) in [7, 11) is 0. The minimum Gasteiger partial charge on any atom is -0.477 e. The Morgan fingerprint density at radius 3 is 2.74 bits per heavy atom. The Morgan fingerprint density at radius 1 is 1.21 bits per heavy atom. The summed E-state index contributed by atoms with van der Waals surface area (Å²) in [6.45, 7) is 0. The minimum absolute atomic E-state index is 0.112. The van der Waals surface area contributed by atoms with Crippen LogP contribution in [0.15, 0.2) is 42.7 Å². The molecule has 2 N–H and O–H groups in total. The third kappa shape index (κ3) is 3.60. The SMILES string of the molecule is O=C(Cc1cccnc1)Nc1cccc(C(=O)O)n1. The summed E-state index contributed by atoms with van der Waals surface area (Å²) in [6, 6.07) is 7.95. The zero-order valence-electron chi connectivity index (χ0n) is 9.91. The van der Waals surface area contributed by atoms with Crippen LogP contribution in [0.3, 0.4) is 0 Å². The molecule has 2 aromatic heterocycles. The number of carboxylic acids is 1. The number of amides is 1. The summed E-state index contributed by atoms with van der Waals surface area (Å²) in [5.41, 5.74) is 0.661. The molecule has 0 saturated carbocycles. The lowest BCUT2D eigenvalue weighted by Gasteiger charge is -2.04. The van der Waals surface area contributed by atoms with E-state index in [0.29, 0.717) is 0 Å². The van der Waals surface area contributed by atoms with Gasteiger partial charge in [0.2, 0.25) is 5.91 Å². The van der Waals surface area contributed by atoms with Gasteiger partial charge in [0.1, 0.15) is 5.82 Å². The molecule has 0 saturated heterocycles. The molecule has 0 aliphatic carbocycles. The number of nitrogens with one attached hydrogen (secondary N) is 1. The van der Waals surface area contributed by atoms with Crippen LogP contribution in [-0.4, -0.2) is 27.0 Å². The summed E-state index contributed by atoms with van der Waals surface area (Å²) >= 11 is 0. The molecule has 96 valence electrons. The van der Waals surface area contributed by atoms with E-state index in [4.69, 9.17) is 5.11 Å². The van der Waals surface area contributed by atoms with Crippen molar-refractivity contribution >= 4 is 17.7 Å². The van der Waals surface area contributed by atoms with Crippen molar-refractivity contribution < 1.29 is 14.7 Å². The van der Waals surface area contributed by atoms with Gasteiger partial charge < -0.3 is 10.4 Å². The van der Waals surface area contributed by atoms with Crippen LogP contribution in [0.2, 0.25) is 0 Å². The summed E-state index contributed by atoms with van der Waals surface area (Å²) in [5.74, 6) is -1.19. The van der Waals surface area contributed by atoms with Crippen molar-refractivity contribution in [2.24, 2.45) is 0 Å². The molecule has 0 aliphatic rings. The minimum atomic E-state index is -1.14. The Balaban J connectivity index is 2.03. The van der Waals surface area contributed by atoms with Crippen LogP contribution >= 0.6 is 0 Å². The summed E-state index contributed by atoms with van der Waals surface area (Å²) in [4.78, 5) is 30.2. The van der Waals surface area contributed by atoms with Crippen molar-refractivity contribution in [3.05, 3.63) is 54.0 Å². The van der Waals surface area contributed by atoms with Crippen molar-refractivity contribution in [2.45, 2.75) is 6.42 Å². The smallest absolute Gasteiger partial charge is 0.354 e. The topological polar surface area (TPSA) is 92.2 Å². The number of hydrogen-bond acceptors (Lipinski definition) is 4. The fourth-order valence-corrected chi connectivity index (χ4v) is 1.50. The van der Waals surface area contributed by atoms with Gasteiger partial charge in [0.15, 0.2) is 5.69 Å². The second kappa shape index (κ2) is 5.72. The maximum absolute atomic E-state index is 11.7. The number of pyridine rings is 2. The van der Waals surface area contributed by atoms with Gasteiger partial charge in [0.25, 0.3) is 0 Å². The van der Waals surface area contributed by atoms with Gasteiger partial charge in [-0.15, -0.1) is 0 Å². The summed E-state index contributed by atoms with van der Waals surface area (Å²) in [6.07, 6.45) is 3.38. The van der Waals surface area contributed by atoms with E-state index < -0.39 is 5.97 Å². The maximum Gasteiger partial charge on any atom is 0.354 e. The number of nitrogens with zero attached hydrogens (tertiary/aromatic N) is 2. The molecule has 2 aromatic rings. The van der Waals surface area contributed by atoms with E-state index in [-0.39, 0.29) is 23.8 Å². The highest BCUT2D eigenvalue weighted by atomic mass is 16.4. The number of rotatable bonds is 4. The molecule has 0 spiro atoms. The lowest BCUT2D eigenvalue weighted by atomic mass is 10.2. The van der Waals surface area contributed by atoms with Crippen LogP contribution < -0.4 is 5.32 Å². The third-order valence-corrected chi connectivity index (χ3v) is 2.32. The lowest BCUT2D eigenvalue weighted by molar-refractivity contribution is -0.115. The quantitative estimate of drug-likeness (QED) is 0.862.